The van der Waals surface area contributed by atoms with Gasteiger partial charge in [0.25, 0.3) is 0 Å². The second kappa shape index (κ2) is 6.37. The molecule has 0 aliphatic heterocycles. The zero-order valence-electron chi connectivity index (χ0n) is 10.3. The van der Waals surface area contributed by atoms with Gasteiger partial charge in [-0.1, -0.05) is 43.1 Å². The van der Waals surface area contributed by atoms with Crippen molar-refractivity contribution >= 4 is 39.1 Å². The number of halogens is 1. The molecular weight excluding hydrogens is 290 g/mol. The van der Waals surface area contributed by atoms with Crippen molar-refractivity contribution in [2.45, 2.75) is 19.1 Å². The summed E-state index contributed by atoms with van der Waals surface area (Å²) in [4.78, 5) is 0. The first-order chi connectivity index (χ1) is 8.28. The summed E-state index contributed by atoms with van der Waals surface area (Å²) in [6.07, 6.45) is 1.09. The Morgan fingerprint density at radius 3 is 2.56 bits per heavy atom. The van der Waals surface area contributed by atoms with Gasteiger partial charge >= 0.3 is 0 Å². The Labute approximate surface area is 117 Å². The number of rotatable bonds is 3. The van der Waals surface area contributed by atoms with Crippen molar-refractivity contribution in [3.63, 3.8) is 0 Å². The highest BCUT2D eigenvalue weighted by molar-refractivity contribution is 8.04. The lowest BCUT2D eigenvalue weighted by molar-refractivity contribution is 0.607. The van der Waals surface area contributed by atoms with Crippen LogP contribution in [0.25, 0.3) is 0 Å². The Hall–Kier alpha value is -0.830. The molecule has 0 bridgehead atoms. The molecule has 0 aliphatic rings. The number of anilines is 1. The number of sulfonamides is 1. The fourth-order valence-electron chi connectivity index (χ4n) is 1.10. The third-order valence-corrected chi connectivity index (χ3v) is 3.36. The van der Waals surface area contributed by atoms with Crippen molar-refractivity contribution in [2.75, 3.05) is 11.0 Å². The van der Waals surface area contributed by atoms with Crippen LogP contribution in [-0.4, -0.2) is 19.9 Å². The molecule has 18 heavy (non-hydrogen) atoms. The van der Waals surface area contributed by atoms with Gasteiger partial charge in [-0.25, -0.2) is 8.42 Å². The summed E-state index contributed by atoms with van der Waals surface area (Å²) in [5.41, 5.74) is 1.12. The van der Waals surface area contributed by atoms with Crippen LogP contribution in [0.5, 0.6) is 0 Å². The molecule has 0 aliphatic carbocycles. The van der Waals surface area contributed by atoms with E-state index >= 15 is 0 Å². The molecule has 0 unspecified atom stereocenters. The summed E-state index contributed by atoms with van der Waals surface area (Å²) in [5.74, 6) is 2.94. The van der Waals surface area contributed by atoms with Crippen molar-refractivity contribution in [3.8, 4) is 11.2 Å². The lowest BCUT2D eigenvalue weighted by Crippen LogP contribution is -2.09. The Kier molecular flexibility index (Phi) is 5.39. The second-order valence-electron chi connectivity index (χ2n) is 3.96. The quantitative estimate of drug-likeness (QED) is 0.873. The minimum absolute atomic E-state index is 0.431. The molecule has 1 aromatic carbocycles. The third kappa shape index (κ3) is 5.67. The van der Waals surface area contributed by atoms with Gasteiger partial charge in [0.2, 0.25) is 10.0 Å². The van der Waals surface area contributed by atoms with Crippen molar-refractivity contribution in [1.29, 1.82) is 0 Å². The lowest BCUT2D eigenvalue weighted by atomic mass is 10.2. The molecule has 6 heteroatoms. The molecule has 1 N–H and O–H groups in total. The topological polar surface area (TPSA) is 46.2 Å². The number of hydrogen-bond acceptors (Lipinski definition) is 3. The first-order valence-corrected chi connectivity index (χ1v) is 8.37. The fraction of sp³-hybridized carbons (Fsp3) is 0.333. The first-order valence-electron chi connectivity index (χ1n) is 5.22. The van der Waals surface area contributed by atoms with E-state index in [1.807, 2.05) is 0 Å². The molecule has 1 aromatic rings. The standard InChI is InChI=1S/C12H14ClNO2S2/c1-9(2)17-7-6-10-4-5-11(8-12(10)13)14-18(3,15)16/h4-5,8-9,14H,1-3H3. The van der Waals surface area contributed by atoms with Gasteiger partial charge in [0, 0.05) is 10.8 Å². The summed E-state index contributed by atoms with van der Waals surface area (Å²) in [6, 6.07) is 4.88. The van der Waals surface area contributed by atoms with Crippen molar-refractivity contribution in [3.05, 3.63) is 28.8 Å². The molecule has 0 radical (unpaired) electrons. The summed E-state index contributed by atoms with van der Waals surface area (Å²) < 4.78 is 24.5. The SMILES string of the molecule is CC(C)SC#Cc1ccc(NS(C)(=O)=O)cc1Cl. The van der Waals surface area contributed by atoms with E-state index in [2.05, 4.69) is 29.7 Å². The van der Waals surface area contributed by atoms with Gasteiger partial charge in [0.1, 0.15) is 0 Å². The highest BCUT2D eigenvalue weighted by Crippen LogP contribution is 2.21. The lowest BCUT2D eigenvalue weighted by Gasteiger charge is -2.04. The monoisotopic (exact) mass is 303 g/mol. The smallest absolute Gasteiger partial charge is 0.229 e. The number of benzene rings is 1. The van der Waals surface area contributed by atoms with Crippen molar-refractivity contribution < 1.29 is 8.42 Å². The summed E-state index contributed by atoms with van der Waals surface area (Å²) in [6.45, 7) is 4.11. The molecule has 1 rings (SSSR count). The molecule has 0 fully saturated rings. The van der Waals surface area contributed by atoms with Crippen LogP contribution in [0.3, 0.4) is 0 Å². The van der Waals surface area contributed by atoms with Crippen LogP contribution >= 0.6 is 23.4 Å². The van der Waals surface area contributed by atoms with E-state index in [0.29, 0.717) is 21.5 Å². The van der Waals surface area contributed by atoms with Gasteiger partial charge in [0.05, 0.1) is 17.0 Å². The fourth-order valence-corrected chi connectivity index (χ4v) is 2.28. The van der Waals surface area contributed by atoms with E-state index in [0.717, 1.165) is 6.26 Å². The Bertz CT molecular complexity index is 586. The van der Waals surface area contributed by atoms with Crippen molar-refractivity contribution in [1.82, 2.24) is 0 Å². The summed E-state index contributed by atoms with van der Waals surface area (Å²) >= 11 is 7.54. The second-order valence-corrected chi connectivity index (χ2v) is 7.50. The van der Waals surface area contributed by atoms with Crippen molar-refractivity contribution in [2.24, 2.45) is 0 Å². The van der Waals surface area contributed by atoms with E-state index in [4.69, 9.17) is 11.6 Å². The van der Waals surface area contributed by atoms with Gasteiger partial charge in [-0.3, -0.25) is 4.72 Å². The molecule has 0 atom stereocenters. The number of nitrogens with one attached hydrogen (secondary N) is 1. The van der Waals surface area contributed by atoms with Crippen LogP contribution in [0.15, 0.2) is 18.2 Å². The molecular formula is C12H14ClNO2S2. The Morgan fingerprint density at radius 1 is 1.39 bits per heavy atom. The predicted octanol–water partition coefficient (Wildman–Crippen LogP) is 3.16. The largest absolute Gasteiger partial charge is 0.284 e. The molecule has 3 nitrogen and oxygen atoms in total. The van der Waals surface area contributed by atoms with Gasteiger partial charge < -0.3 is 0 Å². The molecule has 98 valence electrons. The zero-order chi connectivity index (χ0) is 13.8. The minimum atomic E-state index is -3.28. The van der Waals surface area contributed by atoms with Crippen LogP contribution in [-0.2, 0) is 10.0 Å². The maximum Gasteiger partial charge on any atom is 0.229 e. The minimum Gasteiger partial charge on any atom is -0.284 e. The van der Waals surface area contributed by atoms with Crippen LogP contribution in [0, 0.1) is 11.2 Å². The van der Waals surface area contributed by atoms with E-state index < -0.39 is 10.0 Å². The molecule has 0 heterocycles. The molecule has 0 aromatic heterocycles. The average molecular weight is 304 g/mol. The Morgan fingerprint density at radius 2 is 2.06 bits per heavy atom. The third-order valence-electron chi connectivity index (χ3n) is 1.75. The van der Waals surface area contributed by atoms with E-state index in [9.17, 15) is 8.42 Å². The number of hydrogen-bond donors (Lipinski definition) is 1. The van der Waals surface area contributed by atoms with E-state index in [1.165, 1.54) is 11.8 Å². The van der Waals surface area contributed by atoms with Gasteiger partial charge in [-0.05, 0) is 23.5 Å². The predicted molar refractivity (Wildman–Crippen MR) is 79.5 cm³/mol. The van der Waals surface area contributed by atoms with Crippen LogP contribution in [0.2, 0.25) is 5.02 Å². The number of thioether (sulfide) groups is 1. The summed E-state index contributed by atoms with van der Waals surface area (Å²) in [7, 11) is -3.28. The molecule has 0 amide bonds. The van der Waals surface area contributed by atoms with E-state index in [-0.39, 0.29) is 0 Å². The Balaban J connectivity index is 2.88. The van der Waals surface area contributed by atoms with Gasteiger partial charge in [0.15, 0.2) is 0 Å². The van der Waals surface area contributed by atoms with Crippen LogP contribution in [0.4, 0.5) is 5.69 Å². The highest BCUT2D eigenvalue weighted by atomic mass is 35.5. The zero-order valence-corrected chi connectivity index (χ0v) is 12.7. The molecule has 0 spiro atoms. The van der Waals surface area contributed by atoms with E-state index in [1.54, 1.807) is 18.2 Å². The summed E-state index contributed by atoms with van der Waals surface area (Å²) in [5, 5.41) is 3.82. The molecule has 0 saturated heterocycles. The highest BCUT2D eigenvalue weighted by Gasteiger charge is 2.04. The van der Waals surface area contributed by atoms with Gasteiger partial charge in [-0.15, -0.1) is 0 Å². The van der Waals surface area contributed by atoms with Crippen LogP contribution in [0.1, 0.15) is 19.4 Å². The van der Waals surface area contributed by atoms with Gasteiger partial charge in [-0.2, -0.15) is 0 Å². The van der Waals surface area contributed by atoms with Crippen LogP contribution < -0.4 is 4.72 Å². The maximum absolute atomic E-state index is 11.1. The first kappa shape index (κ1) is 15.2. The molecule has 0 saturated carbocycles. The normalized spacial score (nSPS) is 10.9. The average Bonchev–Trinajstić information content (AvgIpc) is 2.18. The maximum atomic E-state index is 11.1.